The molecule has 3 aliphatic rings. The minimum absolute atomic E-state index is 0.123. The van der Waals surface area contributed by atoms with Crippen LogP contribution in [0.3, 0.4) is 0 Å². The molecule has 144 valence electrons. The third-order valence-electron chi connectivity index (χ3n) is 6.23. The summed E-state index contributed by atoms with van der Waals surface area (Å²) in [6.45, 7) is 6.06. The van der Waals surface area contributed by atoms with Crippen LogP contribution < -0.4 is 9.80 Å². The van der Waals surface area contributed by atoms with Gasteiger partial charge in [0.25, 0.3) is 5.91 Å². The van der Waals surface area contributed by atoms with E-state index in [9.17, 15) is 9.59 Å². The van der Waals surface area contributed by atoms with Gasteiger partial charge in [0, 0.05) is 50.4 Å². The van der Waals surface area contributed by atoms with Crippen molar-refractivity contribution in [3.8, 4) is 0 Å². The van der Waals surface area contributed by atoms with E-state index in [1.165, 1.54) is 11.3 Å². The van der Waals surface area contributed by atoms with Crippen LogP contribution in [0.25, 0.3) is 0 Å². The van der Waals surface area contributed by atoms with Crippen molar-refractivity contribution >= 4 is 23.2 Å². The Balaban J connectivity index is 1.32. The van der Waals surface area contributed by atoms with Crippen molar-refractivity contribution in [2.75, 3.05) is 42.5 Å². The summed E-state index contributed by atoms with van der Waals surface area (Å²) in [7, 11) is 0. The molecule has 5 nitrogen and oxygen atoms in total. The third-order valence-corrected chi connectivity index (χ3v) is 6.23. The molecule has 0 aromatic heterocycles. The molecular weight excluding hydrogens is 350 g/mol. The number of hydrogen-bond acceptors (Lipinski definition) is 3. The number of amides is 2. The van der Waals surface area contributed by atoms with Crippen molar-refractivity contribution in [1.29, 1.82) is 0 Å². The fourth-order valence-electron chi connectivity index (χ4n) is 4.76. The molecule has 1 fully saturated rings. The second kappa shape index (κ2) is 6.66. The molecular formula is C23H25N3O2. The SMILES string of the molecule is Cc1cccc(N2CCN(C(=O)c3cc4c5c(c3)CCN5C(=O)CC4)CC2)c1. The molecule has 0 atom stereocenters. The minimum Gasteiger partial charge on any atom is -0.368 e. The standard InChI is InChI=1S/C23H25N3O2/c1-16-3-2-4-20(13-16)24-9-11-25(12-10-24)23(28)19-14-17-5-6-21(27)26-8-7-18(15-19)22(17)26/h2-4,13-15H,5-12H2,1H3. The van der Waals surface area contributed by atoms with Gasteiger partial charge in [-0.2, -0.15) is 0 Å². The first-order chi connectivity index (χ1) is 13.6. The van der Waals surface area contributed by atoms with E-state index in [0.29, 0.717) is 6.42 Å². The Morgan fingerprint density at radius 2 is 1.64 bits per heavy atom. The van der Waals surface area contributed by atoms with Crippen molar-refractivity contribution in [1.82, 2.24) is 4.90 Å². The molecule has 2 aromatic rings. The van der Waals surface area contributed by atoms with Crippen molar-refractivity contribution in [3.63, 3.8) is 0 Å². The summed E-state index contributed by atoms with van der Waals surface area (Å²) >= 11 is 0. The van der Waals surface area contributed by atoms with Gasteiger partial charge in [-0.1, -0.05) is 12.1 Å². The Morgan fingerprint density at radius 1 is 0.893 bits per heavy atom. The monoisotopic (exact) mass is 375 g/mol. The summed E-state index contributed by atoms with van der Waals surface area (Å²) in [5.41, 5.74) is 6.68. The smallest absolute Gasteiger partial charge is 0.253 e. The van der Waals surface area contributed by atoms with Crippen molar-refractivity contribution in [3.05, 3.63) is 58.7 Å². The third kappa shape index (κ3) is 2.86. The average molecular weight is 375 g/mol. The number of nitrogens with zero attached hydrogens (tertiary/aromatic N) is 3. The van der Waals surface area contributed by atoms with Crippen LogP contribution in [0.5, 0.6) is 0 Å². The fourth-order valence-corrected chi connectivity index (χ4v) is 4.76. The van der Waals surface area contributed by atoms with Gasteiger partial charge in [0.1, 0.15) is 0 Å². The van der Waals surface area contributed by atoms with E-state index in [2.05, 4.69) is 36.1 Å². The normalized spacial score (nSPS) is 18.5. The lowest BCUT2D eigenvalue weighted by atomic mass is 9.96. The van der Waals surface area contributed by atoms with Gasteiger partial charge in [-0.05, 0) is 60.7 Å². The Labute approximate surface area is 165 Å². The highest BCUT2D eigenvalue weighted by atomic mass is 16.2. The summed E-state index contributed by atoms with van der Waals surface area (Å²) in [6.07, 6.45) is 2.16. The largest absolute Gasteiger partial charge is 0.368 e. The van der Waals surface area contributed by atoms with Crippen LogP contribution in [0.1, 0.15) is 33.5 Å². The quantitative estimate of drug-likeness (QED) is 0.811. The van der Waals surface area contributed by atoms with Crippen molar-refractivity contribution in [2.24, 2.45) is 0 Å². The fraction of sp³-hybridized carbons (Fsp3) is 0.391. The Hall–Kier alpha value is -2.82. The molecule has 5 rings (SSSR count). The molecule has 1 saturated heterocycles. The number of hydrogen-bond donors (Lipinski definition) is 0. The molecule has 0 saturated carbocycles. The molecule has 0 unspecified atom stereocenters. The highest BCUT2D eigenvalue weighted by Gasteiger charge is 2.33. The van der Waals surface area contributed by atoms with Crippen LogP contribution in [-0.4, -0.2) is 49.4 Å². The molecule has 5 heteroatoms. The molecule has 2 aromatic carbocycles. The van der Waals surface area contributed by atoms with Crippen LogP contribution >= 0.6 is 0 Å². The second-order valence-electron chi connectivity index (χ2n) is 8.06. The number of anilines is 2. The molecule has 3 heterocycles. The zero-order chi connectivity index (χ0) is 19.3. The number of carbonyl (C=O) groups is 2. The van der Waals surface area contributed by atoms with E-state index in [1.807, 2.05) is 21.9 Å². The lowest BCUT2D eigenvalue weighted by Gasteiger charge is -2.36. The molecule has 0 N–H and O–H groups in total. The van der Waals surface area contributed by atoms with Crippen LogP contribution in [0.4, 0.5) is 11.4 Å². The van der Waals surface area contributed by atoms with Gasteiger partial charge < -0.3 is 14.7 Å². The minimum atomic E-state index is 0.123. The molecule has 0 aliphatic carbocycles. The highest BCUT2D eigenvalue weighted by molar-refractivity contribution is 6.01. The zero-order valence-electron chi connectivity index (χ0n) is 16.3. The lowest BCUT2D eigenvalue weighted by Crippen LogP contribution is -2.48. The highest BCUT2D eigenvalue weighted by Crippen LogP contribution is 2.37. The molecule has 0 bridgehead atoms. The lowest BCUT2D eigenvalue weighted by molar-refractivity contribution is -0.118. The maximum Gasteiger partial charge on any atom is 0.253 e. The topological polar surface area (TPSA) is 43.9 Å². The van der Waals surface area contributed by atoms with Gasteiger partial charge >= 0.3 is 0 Å². The Morgan fingerprint density at radius 3 is 2.39 bits per heavy atom. The Kier molecular flexibility index (Phi) is 4.11. The number of aryl methyl sites for hydroxylation is 2. The van der Waals surface area contributed by atoms with Crippen LogP contribution in [0, 0.1) is 6.92 Å². The van der Waals surface area contributed by atoms with Crippen LogP contribution in [-0.2, 0) is 17.6 Å². The molecule has 0 spiro atoms. The van der Waals surface area contributed by atoms with Gasteiger partial charge in [-0.3, -0.25) is 9.59 Å². The van der Waals surface area contributed by atoms with Gasteiger partial charge in [0.2, 0.25) is 5.91 Å². The number of carbonyl (C=O) groups excluding carboxylic acids is 2. The molecule has 3 aliphatic heterocycles. The zero-order valence-corrected chi connectivity index (χ0v) is 16.3. The van der Waals surface area contributed by atoms with Crippen molar-refractivity contribution in [2.45, 2.75) is 26.2 Å². The van der Waals surface area contributed by atoms with E-state index in [0.717, 1.165) is 67.9 Å². The predicted octanol–water partition coefficient (Wildman–Crippen LogP) is 2.79. The summed E-state index contributed by atoms with van der Waals surface area (Å²) in [5.74, 6) is 0.343. The van der Waals surface area contributed by atoms with E-state index >= 15 is 0 Å². The summed E-state index contributed by atoms with van der Waals surface area (Å²) in [5, 5.41) is 0. The summed E-state index contributed by atoms with van der Waals surface area (Å²) < 4.78 is 0. The number of benzene rings is 2. The van der Waals surface area contributed by atoms with E-state index in [-0.39, 0.29) is 11.8 Å². The second-order valence-corrected chi connectivity index (χ2v) is 8.06. The maximum absolute atomic E-state index is 13.2. The first kappa shape index (κ1) is 17.3. The first-order valence-electron chi connectivity index (χ1n) is 10.2. The summed E-state index contributed by atoms with van der Waals surface area (Å²) in [4.78, 5) is 31.5. The predicted molar refractivity (Wildman–Crippen MR) is 110 cm³/mol. The van der Waals surface area contributed by atoms with E-state index in [1.54, 1.807) is 0 Å². The van der Waals surface area contributed by atoms with Gasteiger partial charge in [0.05, 0.1) is 5.69 Å². The van der Waals surface area contributed by atoms with Crippen LogP contribution in [0.2, 0.25) is 0 Å². The van der Waals surface area contributed by atoms with Crippen molar-refractivity contribution < 1.29 is 9.59 Å². The average Bonchev–Trinajstić information content (AvgIpc) is 3.16. The first-order valence-corrected chi connectivity index (χ1v) is 10.2. The summed E-state index contributed by atoms with van der Waals surface area (Å²) in [6, 6.07) is 12.6. The van der Waals surface area contributed by atoms with Gasteiger partial charge in [0.15, 0.2) is 0 Å². The Bertz CT molecular complexity index is 960. The molecule has 2 amide bonds. The molecule has 28 heavy (non-hydrogen) atoms. The van der Waals surface area contributed by atoms with E-state index < -0.39 is 0 Å². The van der Waals surface area contributed by atoms with Crippen LogP contribution in [0.15, 0.2) is 36.4 Å². The maximum atomic E-state index is 13.2. The molecule has 0 radical (unpaired) electrons. The van der Waals surface area contributed by atoms with E-state index in [4.69, 9.17) is 0 Å². The number of rotatable bonds is 2. The van der Waals surface area contributed by atoms with Gasteiger partial charge in [-0.15, -0.1) is 0 Å². The van der Waals surface area contributed by atoms with Gasteiger partial charge in [-0.25, -0.2) is 0 Å². The number of piperazine rings is 1.